The summed E-state index contributed by atoms with van der Waals surface area (Å²) in [5.74, 6) is 0. The Morgan fingerprint density at radius 3 is 1.98 bits per heavy atom. The second-order valence-corrected chi connectivity index (χ2v) is 11.0. The van der Waals surface area contributed by atoms with Crippen molar-refractivity contribution in [3.05, 3.63) is 152 Å². The molecule has 9 aromatic rings. The summed E-state index contributed by atoms with van der Waals surface area (Å²) in [5, 5.41) is 7.10. The van der Waals surface area contributed by atoms with Crippen LogP contribution in [0.5, 0.6) is 0 Å². The van der Waals surface area contributed by atoms with Gasteiger partial charge in [-0.2, -0.15) is 0 Å². The molecule has 3 heteroatoms. The minimum atomic E-state index is 0.934. The van der Waals surface area contributed by atoms with Crippen molar-refractivity contribution in [2.24, 2.45) is 0 Å². The number of nitrogens with zero attached hydrogens (tertiary/aromatic N) is 3. The first-order chi connectivity index (χ1) is 21.3. The minimum Gasteiger partial charge on any atom is -0.309 e. The number of hydrogen-bond acceptors (Lipinski definition) is 2. The maximum Gasteiger partial charge on any atom is 0.0972 e. The number of pyridine rings is 2. The van der Waals surface area contributed by atoms with E-state index in [0.717, 1.165) is 33.1 Å². The lowest BCUT2D eigenvalue weighted by Gasteiger charge is -2.13. The average Bonchev–Trinajstić information content (AvgIpc) is 3.41. The van der Waals surface area contributed by atoms with Gasteiger partial charge >= 0.3 is 0 Å². The van der Waals surface area contributed by atoms with Crippen LogP contribution < -0.4 is 0 Å². The fourth-order valence-electron chi connectivity index (χ4n) is 6.64. The molecule has 3 nitrogen and oxygen atoms in total. The lowest BCUT2D eigenvalue weighted by molar-refractivity contribution is 1.18. The fourth-order valence-corrected chi connectivity index (χ4v) is 6.64. The van der Waals surface area contributed by atoms with Gasteiger partial charge in [0.25, 0.3) is 0 Å². The number of benzene rings is 6. The van der Waals surface area contributed by atoms with Gasteiger partial charge in [0.2, 0.25) is 0 Å². The third kappa shape index (κ3) is 3.68. The Kier molecular flexibility index (Phi) is 5.20. The molecule has 0 bridgehead atoms. The second-order valence-electron chi connectivity index (χ2n) is 11.0. The molecule has 0 saturated carbocycles. The smallest absolute Gasteiger partial charge is 0.0972 e. The summed E-state index contributed by atoms with van der Waals surface area (Å²) in [4.78, 5) is 9.83. The van der Waals surface area contributed by atoms with Crippen LogP contribution in [0.3, 0.4) is 0 Å². The van der Waals surface area contributed by atoms with Crippen molar-refractivity contribution in [1.29, 1.82) is 0 Å². The first-order valence-electron chi connectivity index (χ1n) is 14.6. The standard InChI is InChI=1S/C40H25N3/c1-2-10-29(11-3-1)43-37-15-7-6-14-34(37)35-25-28(19-23-38(35)43)30-20-21-33(32-13-5-4-12-31(30)32)36-22-18-27-17-16-26-9-8-24-41-39(26)40(27)42-36/h1-25H. The molecule has 200 valence electrons. The van der Waals surface area contributed by atoms with Crippen LogP contribution in [-0.2, 0) is 0 Å². The van der Waals surface area contributed by atoms with Crippen LogP contribution in [0.4, 0.5) is 0 Å². The van der Waals surface area contributed by atoms with E-state index in [1.807, 2.05) is 12.3 Å². The highest BCUT2D eigenvalue weighted by Crippen LogP contribution is 2.39. The molecule has 0 fully saturated rings. The zero-order valence-corrected chi connectivity index (χ0v) is 23.3. The zero-order valence-electron chi connectivity index (χ0n) is 23.3. The summed E-state index contributed by atoms with van der Waals surface area (Å²) >= 11 is 0. The Hall–Kier alpha value is -5.80. The molecule has 0 unspecified atom stereocenters. The van der Waals surface area contributed by atoms with Gasteiger partial charge in [-0.1, -0.05) is 103 Å². The van der Waals surface area contributed by atoms with Crippen molar-refractivity contribution in [2.45, 2.75) is 0 Å². The van der Waals surface area contributed by atoms with E-state index in [2.05, 4.69) is 149 Å². The number of rotatable bonds is 3. The van der Waals surface area contributed by atoms with E-state index in [-0.39, 0.29) is 0 Å². The van der Waals surface area contributed by atoms with Gasteiger partial charge in [-0.25, -0.2) is 4.98 Å². The fraction of sp³-hybridized carbons (Fsp3) is 0. The van der Waals surface area contributed by atoms with E-state index in [0.29, 0.717) is 0 Å². The summed E-state index contributed by atoms with van der Waals surface area (Å²) in [6.45, 7) is 0. The van der Waals surface area contributed by atoms with Gasteiger partial charge in [0.05, 0.1) is 27.8 Å². The molecule has 6 aromatic carbocycles. The largest absolute Gasteiger partial charge is 0.309 e. The Balaban J connectivity index is 1.24. The Morgan fingerprint density at radius 2 is 1.12 bits per heavy atom. The van der Waals surface area contributed by atoms with Gasteiger partial charge in [0, 0.05) is 39.0 Å². The molecule has 0 radical (unpaired) electrons. The number of hydrogen-bond donors (Lipinski definition) is 0. The molecule has 0 saturated heterocycles. The summed E-state index contributed by atoms with van der Waals surface area (Å²) in [6, 6.07) is 51.9. The maximum absolute atomic E-state index is 5.17. The van der Waals surface area contributed by atoms with Crippen molar-refractivity contribution in [3.63, 3.8) is 0 Å². The van der Waals surface area contributed by atoms with Crippen molar-refractivity contribution >= 4 is 54.4 Å². The number of aromatic nitrogens is 3. The van der Waals surface area contributed by atoms with E-state index >= 15 is 0 Å². The zero-order chi connectivity index (χ0) is 28.3. The van der Waals surface area contributed by atoms with Crippen LogP contribution in [0.15, 0.2) is 152 Å². The molecule has 0 N–H and O–H groups in total. The Labute approximate surface area is 248 Å². The van der Waals surface area contributed by atoms with Crippen LogP contribution in [0, 0.1) is 0 Å². The van der Waals surface area contributed by atoms with Gasteiger partial charge in [0.1, 0.15) is 0 Å². The quantitative estimate of drug-likeness (QED) is 0.206. The monoisotopic (exact) mass is 547 g/mol. The molecule has 3 aromatic heterocycles. The molecule has 0 aliphatic carbocycles. The molecular weight excluding hydrogens is 522 g/mol. The lowest BCUT2D eigenvalue weighted by atomic mass is 9.93. The Bertz CT molecular complexity index is 2510. The molecule has 0 aliphatic rings. The molecule has 0 spiro atoms. The molecular formula is C40H25N3. The summed E-state index contributed by atoms with van der Waals surface area (Å²) in [6.07, 6.45) is 1.84. The molecule has 43 heavy (non-hydrogen) atoms. The number of para-hydroxylation sites is 2. The van der Waals surface area contributed by atoms with Crippen LogP contribution in [-0.4, -0.2) is 14.5 Å². The van der Waals surface area contributed by atoms with Crippen LogP contribution >= 0.6 is 0 Å². The summed E-state index contributed by atoms with van der Waals surface area (Å²) < 4.78 is 2.36. The van der Waals surface area contributed by atoms with Crippen molar-refractivity contribution in [3.8, 4) is 28.1 Å². The lowest BCUT2D eigenvalue weighted by Crippen LogP contribution is -1.93. The predicted molar refractivity (Wildman–Crippen MR) is 180 cm³/mol. The van der Waals surface area contributed by atoms with Gasteiger partial charge in [-0.15, -0.1) is 0 Å². The van der Waals surface area contributed by atoms with E-state index in [4.69, 9.17) is 4.98 Å². The highest BCUT2D eigenvalue weighted by molar-refractivity contribution is 6.12. The maximum atomic E-state index is 5.17. The summed E-state index contributed by atoms with van der Waals surface area (Å²) in [7, 11) is 0. The van der Waals surface area contributed by atoms with E-state index in [1.165, 1.54) is 49.4 Å². The molecule has 9 rings (SSSR count). The van der Waals surface area contributed by atoms with Crippen molar-refractivity contribution < 1.29 is 0 Å². The molecule has 0 atom stereocenters. The van der Waals surface area contributed by atoms with Crippen LogP contribution in [0.1, 0.15) is 0 Å². The van der Waals surface area contributed by atoms with Gasteiger partial charge in [-0.05, 0) is 64.4 Å². The minimum absolute atomic E-state index is 0.934. The second kappa shape index (κ2) is 9.37. The topological polar surface area (TPSA) is 30.7 Å². The number of fused-ring (bicyclic) bond motifs is 7. The third-order valence-corrected chi connectivity index (χ3v) is 8.63. The highest BCUT2D eigenvalue weighted by Gasteiger charge is 2.16. The van der Waals surface area contributed by atoms with E-state index in [1.54, 1.807) is 0 Å². The molecule has 0 aliphatic heterocycles. The van der Waals surface area contributed by atoms with Crippen molar-refractivity contribution in [2.75, 3.05) is 0 Å². The first kappa shape index (κ1) is 23.9. The highest BCUT2D eigenvalue weighted by atomic mass is 15.0. The average molecular weight is 548 g/mol. The molecule has 3 heterocycles. The first-order valence-corrected chi connectivity index (χ1v) is 14.6. The third-order valence-electron chi connectivity index (χ3n) is 8.63. The van der Waals surface area contributed by atoms with E-state index in [9.17, 15) is 0 Å². The van der Waals surface area contributed by atoms with E-state index < -0.39 is 0 Å². The van der Waals surface area contributed by atoms with Crippen LogP contribution in [0.2, 0.25) is 0 Å². The normalized spacial score (nSPS) is 11.7. The van der Waals surface area contributed by atoms with Gasteiger partial charge < -0.3 is 4.57 Å². The van der Waals surface area contributed by atoms with Gasteiger partial charge in [0.15, 0.2) is 0 Å². The van der Waals surface area contributed by atoms with Crippen molar-refractivity contribution in [1.82, 2.24) is 14.5 Å². The van der Waals surface area contributed by atoms with Crippen LogP contribution in [0.25, 0.3) is 82.5 Å². The SMILES string of the molecule is c1ccc(-n2c3ccccc3c3cc(-c4ccc(-c5ccc6ccc7cccnc7c6n5)c5ccccc45)ccc32)cc1. The Morgan fingerprint density at radius 1 is 0.442 bits per heavy atom. The summed E-state index contributed by atoms with van der Waals surface area (Å²) in [5.41, 5.74) is 9.95. The van der Waals surface area contributed by atoms with Gasteiger partial charge in [-0.3, -0.25) is 4.98 Å². The molecule has 0 amide bonds. The predicted octanol–water partition coefficient (Wildman–Crippen LogP) is 10.4.